The van der Waals surface area contributed by atoms with Gasteiger partial charge in [0, 0.05) is 31.2 Å². The molecule has 1 aromatic rings. The van der Waals surface area contributed by atoms with Crippen LogP contribution < -0.4 is 15.0 Å². The van der Waals surface area contributed by atoms with Gasteiger partial charge in [-0.3, -0.25) is 4.79 Å². The van der Waals surface area contributed by atoms with Crippen LogP contribution >= 0.6 is 0 Å². The van der Waals surface area contributed by atoms with E-state index in [1.807, 2.05) is 12.1 Å². The zero-order valence-electron chi connectivity index (χ0n) is 13.8. The van der Waals surface area contributed by atoms with Crippen LogP contribution in [-0.4, -0.2) is 32.1 Å². The maximum atomic E-state index is 11.9. The predicted molar refractivity (Wildman–Crippen MR) is 90.5 cm³/mol. The van der Waals surface area contributed by atoms with E-state index < -0.39 is 0 Å². The van der Waals surface area contributed by atoms with E-state index in [9.17, 15) is 4.79 Å². The van der Waals surface area contributed by atoms with Gasteiger partial charge in [0.2, 0.25) is 5.91 Å². The zero-order valence-corrected chi connectivity index (χ0v) is 13.8. The molecule has 1 aliphatic heterocycles. The minimum atomic E-state index is 0.219. The fourth-order valence-electron chi connectivity index (χ4n) is 2.91. The van der Waals surface area contributed by atoms with Gasteiger partial charge in [0.15, 0.2) is 0 Å². The maximum Gasteiger partial charge on any atom is 0.220 e. The molecule has 2 rings (SSSR count). The van der Waals surface area contributed by atoms with E-state index in [0.717, 1.165) is 50.9 Å². The second-order valence-electron chi connectivity index (χ2n) is 5.98. The number of piperidine rings is 1. The van der Waals surface area contributed by atoms with Gasteiger partial charge in [-0.2, -0.15) is 0 Å². The number of rotatable bonds is 7. The molecule has 0 saturated carbocycles. The van der Waals surface area contributed by atoms with Gasteiger partial charge >= 0.3 is 0 Å². The molecule has 1 fully saturated rings. The fourth-order valence-corrected chi connectivity index (χ4v) is 2.91. The van der Waals surface area contributed by atoms with E-state index in [-0.39, 0.29) is 5.91 Å². The number of carbonyl (C=O) groups is 1. The molecule has 1 saturated heterocycles. The van der Waals surface area contributed by atoms with Gasteiger partial charge in [-0.25, -0.2) is 0 Å². The number of ether oxygens (including phenoxy) is 1. The van der Waals surface area contributed by atoms with Gasteiger partial charge in [0.25, 0.3) is 0 Å². The molecule has 0 unspecified atom stereocenters. The Hall–Kier alpha value is -1.71. The predicted octanol–water partition coefficient (Wildman–Crippen LogP) is 3.36. The summed E-state index contributed by atoms with van der Waals surface area (Å²) in [4.78, 5) is 14.2. The topological polar surface area (TPSA) is 41.6 Å². The Balaban J connectivity index is 1.74. The molecule has 1 aliphatic rings. The Morgan fingerprint density at radius 2 is 1.91 bits per heavy atom. The number of benzene rings is 1. The van der Waals surface area contributed by atoms with Crippen LogP contribution in [0, 0.1) is 0 Å². The number of nitrogens with zero attached hydrogens (tertiary/aromatic N) is 1. The number of carbonyl (C=O) groups excluding carboxylic acids is 1. The third-order valence-corrected chi connectivity index (χ3v) is 4.31. The molecule has 1 amide bonds. The fraction of sp³-hybridized carbons (Fsp3) is 0.611. The summed E-state index contributed by atoms with van der Waals surface area (Å²) in [6, 6.07) is 8.53. The summed E-state index contributed by atoms with van der Waals surface area (Å²) in [7, 11) is 1.68. The van der Waals surface area contributed by atoms with Crippen molar-refractivity contribution in [2.24, 2.45) is 0 Å². The lowest BCUT2D eigenvalue weighted by atomic mass is 10.0. The van der Waals surface area contributed by atoms with Crippen LogP contribution in [0.1, 0.15) is 45.4 Å². The lowest BCUT2D eigenvalue weighted by Crippen LogP contribution is -2.44. The molecule has 0 atom stereocenters. The molecule has 22 heavy (non-hydrogen) atoms. The highest BCUT2D eigenvalue weighted by Crippen LogP contribution is 2.22. The second-order valence-corrected chi connectivity index (χ2v) is 5.98. The van der Waals surface area contributed by atoms with Crippen molar-refractivity contribution in [3.05, 3.63) is 24.3 Å². The average molecular weight is 304 g/mol. The smallest absolute Gasteiger partial charge is 0.220 e. The number of hydrogen-bond acceptors (Lipinski definition) is 3. The van der Waals surface area contributed by atoms with E-state index >= 15 is 0 Å². The number of anilines is 1. The summed E-state index contributed by atoms with van der Waals surface area (Å²) in [6.45, 7) is 4.14. The molecule has 0 radical (unpaired) electrons. The SMILES string of the molecule is CCCCCC(=O)NC1CCN(c2ccc(OC)cc2)CC1. The standard InChI is InChI=1S/C18H28N2O2/c1-3-4-5-6-18(21)19-15-11-13-20(14-12-15)16-7-9-17(22-2)10-8-16/h7-10,15H,3-6,11-14H2,1-2H3,(H,19,21). The lowest BCUT2D eigenvalue weighted by molar-refractivity contribution is -0.122. The lowest BCUT2D eigenvalue weighted by Gasteiger charge is -2.34. The summed E-state index contributed by atoms with van der Waals surface area (Å²) in [5.41, 5.74) is 1.23. The molecule has 4 heteroatoms. The van der Waals surface area contributed by atoms with Crippen LogP contribution in [0.4, 0.5) is 5.69 Å². The summed E-state index contributed by atoms with van der Waals surface area (Å²) in [5.74, 6) is 1.11. The molecule has 1 N–H and O–H groups in total. The first kappa shape index (κ1) is 16.7. The highest BCUT2D eigenvalue weighted by Gasteiger charge is 2.20. The number of unbranched alkanes of at least 4 members (excludes halogenated alkanes) is 2. The molecular weight excluding hydrogens is 276 g/mol. The minimum Gasteiger partial charge on any atom is -0.497 e. The Morgan fingerprint density at radius 1 is 1.23 bits per heavy atom. The summed E-state index contributed by atoms with van der Waals surface area (Å²) in [5, 5.41) is 3.18. The number of methoxy groups -OCH3 is 1. The van der Waals surface area contributed by atoms with Gasteiger partial charge in [0.05, 0.1) is 7.11 Å². The van der Waals surface area contributed by atoms with Crippen molar-refractivity contribution in [1.29, 1.82) is 0 Å². The van der Waals surface area contributed by atoms with E-state index in [1.54, 1.807) is 7.11 Å². The molecule has 0 aromatic heterocycles. The van der Waals surface area contributed by atoms with Crippen molar-refractivity contribution < 1.29 is 9.53 Å². The van der Waals surface area contributed by atoms with Gasteiger partial charge in [0.1, 0.15) is 5.75 Å². The first-order valence-corrected chi connectivity index (χ1v) is 8.41. The Kier molecular flexibility index (Phi) is 6.56. The van der Waals surface area contributed by atoms with Crippen molar-refractivity contribution in [3.63, 3.8) is 0 Å². The van der Waals surface area contributed by atoms with Gasteiger partial charge < -0.3 is 15.0 Å². The van der Waals surface area contributed by atoms with Crippen LogP contribution in [0.15, 0.2) is 24.3 Å². The van der Waals surface area contributed by atoms with Crippen LogP contribution in [0.3, 0.4) is 0 Å². The van der Waals surface area contributed by atoms with Crippen LogP contribution in [0.5, 0.6) is 5.75 Å². The van der Waals surface area contributed by atoms with Gasteiger partial charge in [-0.05, 0) is 43.5 Å². The Morgan fingerprint density at radius 3 is 2.50 bits per heavy atom. The van der Waals surface area contributed by atoms with Gasteiger partial charge in [-0.1, -0.05) is 19.8 Å². The van der Waals surface area contributed by atoms with Gasteiger partial charge in [-0.15, -0.1) is 0 Å². The normalized spacial score (nSPS) is 15.6. The monoisotopic (exact) mass is 304 g/mol. The molecule has 4 nitrogen and oxygen atoms in total. The Bertz CT molecular complexity index is 451. The molecule has 0 bridgehead atoms. The molecular formula is C18H28N2O2. The van der Waals surface area contributed by atoms with Crippen molar-refractivity contribution in [1.82, 2.24) is 5.32 Å². The first-order chi connectivity index (χ1) is 10.7. The molecule has 1 heterocycles. The molecule has 0 aliphatic carbocycles. The first-order valence-electron chi connectivity index (χ1n) is 8.41. The van der Waals surface area contributed by atoms with Crippen LogP contribution in [0.2, 0.25) is 0 Å². The quantitative estimate of drug-likeness (QED) is 0.785. The zero-order chi connectivity index (χ0) is 15.8. The highest BCUT2D eigenvalue weighted by atomic mass is 16.5. The van der Waals surface area contributed by atoms with Crippen molar-refractivity contribution in [2.45, 2.75) is 51.5 Å². The van der Waals surface area contributed by atoms with Crippen LogP contribution in [-0.2, 0) is 4.79 Å². The maximum absolute atomic E-state index is 11.9. The third kappa shape index (κ3) is 4.93. The number of nitrogens with one attached hydrogen (secondary N) is 1. The molecule has 1 aromatic carbocycles. The molecule has 122 valence electrons. The van der Waals surface area contributed by atoms with E-state index in [1.165, 1.54) is 5.69 Å². The summed E-state index contributed by atoms with van der Waals surface area (Å²) in [6.07, 6.45) is 6.02. The number of hydrogen-bond donors (Lipinski definition) is 1. The largest absolute Gasteiger partial charge is 0.497 e. The average Bonchev–Trinajstić information content (AvgIpc) is 2.56. The van der Waals surface area contributed by atoms with Crippen molar-refractivity contribution >= 4 is 11.6 Å². The second kappa shape index (κ2) is 8.66. The summed E-state index contributed by atoms with van der Waals surface area (Å²) < 4.78 is 5.19. The van der Waals surface area contributed by atoms with E-state index in [4.69, 9.17) is 4.74 Å². The highest BCUT2D eigenvalue weighted by molar-refractivity contribution is 5.76. The van der Waals surface area contributed by atoms with Crippen molar-refractivity contribution in [3.8, 4) is 5.75 Å². The Labute approximate surface area is 133 Å². The van der Waals surface area contributed by atoms with E-state index in [0.29, 0.717) is 12.5 Å². The third-order valence-electron chi connectivity index (χ3n) is 4.31. The minimum absolute atomic E-state index is 0.219. The summed E-state index contributed by atoms with van der Waals surface area (Å²) >= 11 is 0. The molecule has 0 spiro atoms. The van der Waals surface area contributed by atoms with Crippen molar-refractivity contribution in [2.75, 3.05) is 25.1 Å². The van der Waals surface area contributed by atoms with E-state index in [2.05, 4.69) is 29.3 Å². The van der Waals surface area contributed by atoms with Crippen LogP contribution in [0.25, 0.3) is 0 Å². The number of amides is 1.